The molecule has 0 aliphatic heterocycles. The number of aliphatic hydroxyl groups is 1. The first-order chi connectivity index (χ1) is 9.30. The lowest BCUT2D eigenvalue weighted by molar-refractivity contribution is 0.188. The first-order valence-corrected chi connectivity index (χ1v) is 7.76. The van der Waals surface area contributed by atoms with E-state index in [9.17, 15) is 5.11 Å². The Hall–Kier alpha value is -1.02. The van der Waals surface area contributed by atoms with Gasteiger partial charge in [-0.2, -0.15) is 0 Å². The smallest absolute Gasteiger partial charge is 0.0682 e. The van der Waals surface area contributed by atoms with Gasteiger partial charge >= 0.3 is 0 Å². The number of rotatable bonds is 3. The number of benzene rings is 1. The van der Waals surface area contributed by atoms with Crippen LogP contribution in [0, 0.1) is 5.41 Å². The Morgan fingerprint density at radius 1 is 1.11 bits per heavy atom. The van der Waals surface area contributed by atoms with Gasteiger partial charge in [-0.1, -0.05) is 25.0 Å². The lowest BCUT2D eigenvalue weighted by Crippen LogP contribution is -2.31. The van der Waals surface area contributed by atoms with Crippen LogP contribution in [0.2, 0.25) is 0 Å². The highest BCUT2D eigenvalue weighted by Gasteiger charge is 2.37. The Labute approximate surface area is 116 Å². The molecule has 2 aliphatic rings. The monoisotopic (exact) mass is 259 g/mol. The van der Waals surface area contributed by atoms with E-state index in [0.29, 0.717) is 11.5 Å². The number of aliphatic hydroxyl groups excluding tert-OH is 1. The summed E-state index contributed by atoms with van der Waals surface area (Å²) >= 11 is 0. The quantitative estimate of drug-likeness (QED) is 0.856. The largest absolute Gasteiger partial charge is 0.392 e. The molecular formula is C17H25NO. The second-order valence-corrected chi connectivity index (χ2v) is 6.48. The molecule has 2 saturated carbocycles. The minimum absolute atomic E-state index is 0.128. The molecule has 0 bridgehead atoms. The van der Waals surface area contributed by atoms with Gasteiger partial charge in [0, 0.05) is 11.7 Å². The van der Waals surface area contributed by atoms with Gasteiger partial charge in [-0.05, 0) is 61.6 Å². The van der Waals surface area contributed by atoms with Crippen LogP contribution in [0.15, 0.2) is 24.3 Å². The Balaban J connectivity index is 1.56. The van der Waals surface area contributed by atoms with E-state index >= 15 is 0 Å². The maximum Gasteiger partial charge on any atom is 0.0682 e. The molecule has 0 amide bonds. The fourth-order valence-corrected chi connectivity index (χ4v) is 3.99. The van der Waals surface area contributed by atoms with Gasteiger partial charge in [0.2, 0.25) is 0 Å². The van der Waals surface area contributed by atoms with E-state index in [-0.39, 0.29) is 6.61 Å². The summed E-state index contributed by atoms with van der Waals surface area (Å²) in [4.78, 5) is 0. The zero-order valence-electron chi connectivity index (χ0n) is 11.7. The highest BCUT2D eigenvalue weighted by molar-refractivity contribution is 5.46. The number of anilines is 1. The van der Waals surface area contributed by atoms with E-state index in [1.807, 2.05) is 12.1 Å². The highest BCUT2D eigenvalue weighted by atomic mass is 16.3. The lowest BCUT2D eigenvalue weighted by atomic mass is 9.71. The summed E-state index contributed by atoms with van der Waals surface area (Å²) in [7, 11) is 0. The molecule has 2 fully saturated rings. The third kappa shape index (κ3) is 2.94. The predicted molar refractivity (Wildman–Crippen MR) is 79.1 cm³/mol. The third-order valence-corrected chi connectivity index (χ3v) is 5.19. The van der Waals surface area contributed by atoms with E-state index in [1.165, 1.54) is 57.1 Å². The number of nitrogens with one attached hydrogen (secondary N) is 1. The molecule has 0 aromatic heterocycles. The molecule has 0 atom stereocenters. The van der Waals surface area contributed by atoms with E-state index in [2.05, 4.69) is 17.4 Å². The molecule has 2 heteroatoms. The van der Waals surface area contributed by atoms with Crippen molar-refractivity contribution in [2.45, 2.75) is 64.0 Å². The molecule has 3 rings (SSSR count). The van der Waals surface area contributed by atoms with E-state index in [4.69, 9.17) is 0 Å². The molecule has 0 unspecified atom stereocenters. The molecule has 2 N–H and O–H groups in total. The minimum atomic E-state index is 0.128. The minimum Gasteiger partial charge on any atom is -0.392 e. The average Bonchev–Trinajstić information content (AvgIpc) is 2.90. The fraction of sp³-hybridized carbons (Fsp3) is 0.647. The van der Waals surface area contributed by atoms with Gasteiger partial charge in [-0.25, -0.2) is 0 Å². The third-order valence-electron chi connectivity index (χ3n) is 5.19. The second-order valence-electron chi connectivity index (χ2n) is 6.48. The second kappa shape index (κ2) is 5.54. The van der Waals surface area contributed by atoms with Crippen molar-refractivity contribution < 1.29 is 5.11 Å². The van der Waals surface area contributed by atoms with Crippen LogP contribution in [0.4, 0.5) is 5.69 Å². The fourth-order valence-electron chi connectivity index (χ4n) is 3.99. The molecule has 104 valence electrons. The molecule has 0 radical (unpaired) electrons. The molecule has 2 aliphatic carbocycles. The molecule has 0 saturated heterocycles. The summed E-state index contributed by atoms with van der Waals surface area (Å²) in [6.45, 7) is 0.128. The molecular weight excluding hydrogens is 234 g/mol. The topological polar surface area (TPSA) is 32.3 Å². The molecule has 19 heavy (non-hydrogen) atoms. The Morgan fingerprint density at radius 2 is 1.84 bits per heavy atom. The Kier molecular flexibility index (Phi) is 3.79. The molecule has 1 aromatic rings. The normalized spacial score (nSPS) is 22.8. The Morgan fingerprint density at radius 3 is 2.53 bits per heavy atom. The zero-order chi connectivity index (χ0) is 13.1. The lowest BCUT2D eigenvalue weighted by Gasteiger charge is -2.38. The predicted octanol–water partition coefficient (Wildman–Crippen LogP) is 4.09. The van der Waals surface area contributed by atoms with E-state index in [0.717, 1.165) is 5.56 Å². The van der Waals surface area contributed by atoms with Gasteiger partial charge in [0.25, 0.3) is 0 Å². The summed E-state index contributed by atoms with van der Waals surface area (Å²) in [5.41, 5.74) is 2.87. The van der Waals surface area contributed by atoms with Gasteiger partial charge in [-0.15, -0.1) is 0 Å². The van der Waals surface area contributed by atoms with Crippen LogP contribution in [0.1, 0.15) is 56.9 Å². The SMILES string of the molecule is OCc1cccc(NC2CCC3(CCCC3)CC2)c1. The highest BCUT2D eigenvalue weighted by Crippen LogP contribution is 2.49. The van der Waals surface area contributed by atoms with Crippen molar-refractivity contribution in [1.29, 1.82) is 0 Å². The molecule has 1 aromatic carbocycles. The van der Waals surface area contributed by atoms with Gasteiger partial charge in [0.15, 0.2) is 0 Å². The zero-order valence-corrected chi connectivity index (χ0v) is 11.7. The summed E-state index contributed by atoms with van der Waals surface area (Å²) in [6, 6.07) is 8.80. The van der Waals surface area contributed by atoms with Crippen LogP contribution in [-0.4, -0.2) is 11.1 Å². The summed E-state index contributed by atoms with van der Waals surface area (Å²) in [6.07, 6.45) is 11.3. The van der Waals surface area contributed by atoms with Crippen LogP contribution in [0.25, 0.3) is 0 Å². The summed E-state index contributed by atoms with van der Waals surface area (Å²) in [5.74, 6) is 0. The van der Waals surface area contributed by atoms with E-state index < -0.39 is 0 Å². The maximum atomic E-state index is 9.18. The van der Waals surface area contributed by atoms with Crippen molar-refractivity contribution >= 4 is 5.69 Å². The van der Waals surface area contributed by atoms with E-state index in [1.54, 1.807) is 0 Å². The first-order valence-electron chi connectivity index (χ1n) is 7.76. The van der Waals surface area contributed by atoms with Gasteiger partial charge in [0.1, 0.15) is 0 Å². The van der Waals surface area contributed by atoms with Crippen molar-refractivity contribution in [1.82, 2.24) is 0 Å². The summed E-state index contributed by atoms with van der Waals surface area (Å²) < 4.78 is 0. The maximum absolute atomic E-state index is 9.18. The van der Waals surface area contributed by atoms with Crippen molar-refractivity contribution in [3.63, 3.8) is 0 Å². The first kappa shape index (κ1) is 13.0. The van der Waals surface area contributed by atoms with Gasteiger partial charge in [0.05, 0.1) is 6.61 Å². The molecule has 1 spiro atoms. The van der Waals surface area contributed by atoms with Crippen molar-refractivity contribution in [3.8, 4) is 0 Å². The number of hydrogen-bond donors (Lipinski definition) is 2. The van der Waals surface area contributed by atoms with Crippen molar-refractivity contribution in [2.75, 3.05) is 5.32 Å². The summed E-state index contributed by atoms with van der Waals surface area (Å²) in [5, 5.41) is 12.8. The van der Waals surface area contributed by atoms with Crippen molar-refractivity contribution in [2.24, 2.45) is 5.41 Å². The molecule has 0 heterocycles. The number of hydrogen-bond acceptors (Lipinski definition) is 2. The van der Waals surface area contributed by atoms with Gasteiger partial charge < -0.3 is 10.4 Å². The van der Waals surface area contributed by atoms with Crippen LogP contribution < -0.4 is 5.32 Å². The Bertz CT molecular complexity index is 413. The van der Waals surface area contributed by atoms with Crippen LogP contribution in [0.5, 0.6) is 0 Å². The van der Waals surface area contributed by atoms with Crippen LogP contribution >= 0.6 is 0 Å². The average molecular weight is 259 g/mol. The van der Waals surface area contributed by atoms with Crippen LogP contribution in [0.3, 0.4) is 0 Å². The molecule has 2 nitrogen and oxygen atoms in total. The van der Waals surface area contributed by atoms with Crippen LogP contribution in [-0.2, 0) is 6.61 Å². The van der Waals surface area contributed by atoms with Gasteiger partial charge in [-0.3, -0.25) is 0 Å². The van der Waals surface area contributed by atoms with Crippen molar-refractivity contribution in [3.05, 3.63) is 29.8 Å². The standard InChI is InChI=1S/C17H25NO/c19-13-14-4-3-5-16(12-14)18-15-6-10-17(11-7-15)8-1-2-9-17/h3-5,12,15,18-19H,1-2,6-11,13H2.